The molecule has 0 aliphatic carbocycles. The van der Waals surface area contributed by atoms with Crippen LogP contribution in [0.5, 0.6) is 0 Å². The molecule has 0 unspecified atom stereocenters. The predicted octanol–water partition coefficient (Wildman–Crippen LogP) is 4.45. The molecular formula is C13H10Cl2N2. The van der Waals surface area contributed by atoms with E-state index in [0.29, 0.717) is 15.9 Å². The number of pyridine rings is 1. The fourth-order valence-corrected chi connectivity index (χ4v) is 1.79. The smallest absolute Gasteiger partial charge is 0.151 e. The number of halogens is 2. The summed E-state index contributed by atoms with van der Waals surface area (Å²) in [6.45, 7) is 2.00. The van der Waals surface area contributed by atoms with Crippen LogP contribution in [0.25, 0.3) is 0 Å². The van der Waals surface area contributed by atoms with E-state index in [9.17, 15) is 0 Å². The molecule has 0 saturated heterocycles. The zero-order valence-corrected chi connectivity index (χ0v) is 10.7. The number of hydrogen-bond acceptors (Lipinski definition) is 2. The maximum absolute atomic E-state index is 6.03. The Kier molecular flexibility index (Phi) is 3.77. The lowest BCUT2D eigenvalue weighted by atomic mass is 10.2. The van der Waals surface area contributed by atoms with Gasteiger partial charge in [-0.15, -0.1) is 0 Å². The molecule has 1 aromatic heterocycles. The van der Waals surface area contributed by atoms with Gasteiger partial charge in [-0.05, 0) is 36.8 Å². The molecule has 0 N–H and O–H groups in total. The molecule has 0 saturated carbocycles. The highest BCUT2D eigenvalue weighted by Gasteiger charge is 1.98. The van der Waals surface area contributed by atoms with Crippen molar-refractivity contribution in [1.29, 1.82) is 0 Å². The van der Waals surface area contributed by atoms with Crippen molar-refractivity contribution in [2.45, 2.75) is 6.92 Å². The van der Waals surface area contributed by atoms with Gasteiger partial charge in [-0.3, -0.25) is 0 Å². The van der Waals surface area contributed by atoms with Gasteiger partial charge in [-0.1, -0.05) is 29.3 Å². The summed E-state index contributed by atoms with van der Waals surface area (Å²) in [7, 11) is 0. The van der Waals surface area contributed by atoms with E-state index in [2.05, 4.69) is 9.98 Å². The number of rotatable bonds is 2. The molecule has 0 fully saturated rings. The minimum absolute atomic E-state index is 0.578. The predicted molar refractivity (Wildman–Crippen MR) is 72.7 cm³/mol. The molecule has 0 bridgehead atoms. The second-order valence-electron chi connectivity index (χ2n) is 3.62. The number of benzene rings is 1. The second kappa shape index (κ2) is 5.30. The molecule has 0 aliphatic rings. The molecule has 0 atom stereocenters. The Morgan fingerprint density at radius 3 is 2.71 bits per heavy atom. The normalized spacial score (nSPS) is 11.0. The van der Waals surface area contributed by atoms with Crippen LogP contribution in [-0.2, 0) is 0 Å². The average molecular weight is 265 g/mol. The summed E-state index contributed by atoms with van der Waals surface area (Å²) < 4.78 is 0. The van der Waals surface area contributed by atoms with Crippen molar-refractivity contribution in [3.8, 4) is 0 Å². The SMILES string of the molecule is Cc1ccnc(N=Cc2ccc(Cl)cc2Cl)c1. The maximum Gasteiger partial charge on any atom is 0.151 e. The average Bonchev–Trinajstić information content (AvgIpc) is 2.28. The van der Waals surface area contributed by atoms with E-state index in [0.717, 1.165) is 11.1 Å². The molecule has 2 rings (SSSR count). The molecule has 2 aromatic rings. The van der Waals surface area contributed by atoms with Crippen LogP contribution in [0.1, 0.15) is 11.1 Å². The molecule has 4 heteroatoms. The van der Waals surface area contributed by atoms with Crippen LogP contribution in [0.15, 0.2) is 41.5 Å². The molecule has 1 heterocycles. The van der Waals surface area contributed by atoms with E-state index < -0.39 is 0 Å². The lowest BCUT2D eigenvalue weighted by Gasteiger charge is -1.98. The van der Waals surface area contributed by atoms with Crippen LogP contribution in [0, 0.1) is 6.92 Å². The van der Waals surface area contributed by atoms with Gasteiger partial charge in [0.15, 0.2) is 5.82 Å². The number of hydrogen-bond donors (Lipinski definition) is 0. The number of aryl methyl sites for hydroxylation is 1. The van der Waals surface area contributed by atoms with Gasteiger partial charge < -0.3 is 0 Å². The molecule has 0 amide bonds. The van der Waals surface area contributed by atoms with Crippen LogP contribution < -0.4 is 0 Å². The second-order valence-corrected chi connectivity index (χ2v) is 4.46. The van der Waals surface area contributed by atoms with Crippen molar-refractivity contribution in [3.05, 3.63) is 57.7 Å². The van der Waals surface area contributed by atoms with E-state index >= 15 is 0 Å². The minimum atomic E-state index is 0.578. The van der Waals surface area contributed by atoms with E-state index in [4.69, 9.17) is 23.2 Å². The Morgan fingerprint density at radius 1 is 1.18 bits per heavy atom. The third-order valence-electron chi connectivity index (χ3n) is 2.20. The third-order valence-corrected chi connectivity index (χ3v) is 2.76. The zero-order valence-electron chi connectivity index (χ0n) is 9.19. The summed E-state index contributed by atoms with van der Waals surface area (Å²) in [6.07, 6.45) is 3.41. The number of aliphatic imine (C=N–C) groups is 1. The summed E-state index contributed by atoms with van der Waals surface area (Å²) in [6, 6.07) is 9.12. The highest BCUT2D eigenvalue weighted by atomic mass is 35.5. The fraction of sp³-hybridized carbons (Fsp3) is 0.0769. The number of nitrogens with zero attached hydrogens (tertiary/aromatic N) is 2. The van der Waals surface area contributed by atoms with E-state index in [-0.39, 0.29) is 0 Å². The minimum Gasteiger partial charge on any atom is -0.237 e. The first-order valence-corrected chi connectivity index (χ1v) is 5.82. The van der Waals surface area contributed by atoms with Gasteiger partial charge in [0, 0.05) is 23.0 Å². The summed E-state index contributed by atoms with van der Waals surface area (Å²) in [5, 5.41) is 1.19. The maximum atomic E-state index is 6.03. The van der Waals surface area contributed by atoms with Gasteiger partial charge in [-0.2, -0.15) is 0 Å². The molecule has 86 valence electrons. The van der Waals surface area contributed by atoms with Crippen LogP contribution in [0.2, 0.25) is 10.0 Å². The Labute approximate surface area is 110 Å². The van der Waals surface area contributed by atoms with Crippen LogP contribution in [-0.4, -0.2) is 11.2 Å². The summed E-state index contributed by atoms with van der Waals surface area (Å²) in [5.41, 5.74) is 1.94. The number of aromatic nitrogens is 1. The molecule has 17 heavy (non-hydrogen) atoms. The molecule has 0 aliphatic heterocycles. The first-order chi connectivity index (χ1) is 8.15. The van der Waals surface area contributed by atoms with Gasteiger partial charge in [0.1, 0.15) is 0 Å². The van der Waals surface area contributed by atoms with E-state index in [1.54, 1.807) is 24.5 Å². The largest absolute Gasteiger partial charge is 0.237 e. The highest BCUT2D eigenvalue weighted by molar-refractivity contribution is 6.36. The van der Waals surface area contributed by atoms with E-state index in [1.807, 2.05) is 25.1 Å². The van der Waals surface area contributed by atoms with Gasteiger partial charge in [0.05, 0.1) is 5.02 Å². The van der Waals surface area contributed by atoms with Crippen molar-refractivity contribution in [3.63, 3.8) is 0 Å². The van der Waals surface area contributed by atoms with Gasteiger partial charge >= 0.3 is 0 Å². The van der Waals surface area contributed by atoms with Crippen molar-refractivity contribution in [2.75, 3.05) is 0 Å². The lowest BCUT2D eigenvalue weighted by molar-refractivity contribution is 1.25. The summed E-state index contributed by atoms with van der Waals surface area (Å²) >= 11 is 11.8. The fourth-order valence-electron chi connectivity index (χ4n) is 1.33. The third kappa shape index (κ3) is 3.29. The Balaban J connectivity index is 2.26. The van der Waals surface area contributed by atoms with Crippen molar-refractivity contribution >= 4 is 35.2 Å². The highest BCUT2D eigenvalue weighted by Crippen LogP contribution is 2.20. The van der Waals surface area contributed by atoms with Gasteiger partial charge in [0.25, 0.3) is 0 Å². The topological polar surface area (TPSA) is 25.2 Å². The van der Waals surface area contributed by atoms with Crippen molar-refractivity contribution in [1.82, 2.24) is 4.98 Å². The Bertz CT molecular complexity index is 565. The van der Waals surface area contributed by atoms with Crippen molar-refractivity contribution in [2.24, 2.45) is 4.99 Å². The first-order valence-electron chi connectivity index (χ1n) is 5.07. The quantitative estimate of drug-likeness (QED) is 0.736. The standard InChI is InChI=1S/C13H10Cl2N2/c1-9-4-5-16-13(6-9)17-8-10-2-3-11(14)7-12(10)15/h2-8H,1H3. The van der Waals surface area contributed by atoms with Gasteiger partial charge in [0.2, 0.25) is 0 Å². The first kappa shape index (κ1) is 12.1. The molecule has 0 radical (unpaired) electrons. The Hall–Kier alpha value is -1.38. The molecule has 1 aromatic carbocycles. The zero-order chi connectivity index (χ0) is 12.3. The van der Waals surface area contributed by atoms with Crippen LogP contribution in [0.4, 0.5) is 5.82 Å². The van der Waals surface area contributed by atoms with Gasteiger partial charge in [-0.25, -0.2) is 9.98 Å². The van der Waals surface area contributed by atoms with E-state index in [1.165, 1.54) is 0 Å². The van der Waals surface area contributed by atoms with Crippen LogP contribution >= 0.6 is 23.2 Å². The summed E-state index contributed by atoms with van der Waals surface area (Å²) in [4.78, 5) is 8.40. The molecule has 2 nitrogen and oxygen atoms in total. The lowest BCUT2D eigenvalue weighted by Crippen LogP contribution is -1.83. The summed E-state index contributed by atoms with van der Waals surface area (Å²) in [5.74, 6) is 0.663. The van der Waals surface area contributed by atoms with Crippen LogP contribution in [0.3, 0.4) is 0 Å². The van der Waals surface area contributed by atoms with Crippen molar-refractivity contribution < 1.29 is 0 Å². The Morgan fingerprint density at radius 2 is 2.00 bits per heavy atom. The molecule has 0 spiro atoms. The monoisotopic (exact) mass is 264 g/mol. The molecular weight excluding hydrogens is 255 g/mol.